The highest BCUT2D eigenvalue weighted by molar-refractivity contribution is 6.05. The van der Waals surface area contributed by atoms with Crippen molar-refractivity contribution in [3.63, 3.8) is 0 Å². The SMILES string of the molecule is COc1c(C2N=C(NC(C)C)NC2=O)c(C)nn1C. The third-order valence-corrected chi connectivity index (χ3v) is 2.85. The summed E-state index contributed by atoms with van der Waals surface area (Å²) in [6.07, 6.45) is 0. The fourth-order valence-corrected chi connectivity index (χ4v) is 2.16. The zero-order valence-electron chi connectivity index (χ0n) is 11.8. The van der Waals surface area contributed by atoms with Crippen molar-refractivity contribution in [2.45, 2.75) is 32.9 Å². The standard InChI is InChI=1S/C12H19N5O2/c1-6(2)13-12-14-9(10(18)15-12)8-7(3)16-17(4)11(8)19-5/h6,9H,1-5H3,(H2,13,14,15,18). The Morgan fingerprint density at radius 2 is 2.16 bits per heavy atom. The predicted molar refractivity (Wildman–Crippen MR) is 71.1 cm³/mol. The van der Waals surface area contributed by atoms with E-state index in [-0.39, 0.29) is 11.9 Å². The molecule has 1 unspecified atom stereocenters. The maximum absolute atomic E-state index is 12.0. The molecule has 104 valence electrons. The van der Waals surface area contributed by atoms with Gasteiger partial charge in [0, 0.05) is 13.1 Å². The van der Waals surface area contributed by atoms with Gasteiger partial charge in [0.25, 0.3) is 5.91 Å². The van der Waals surface area contributed by atoms with Gasteiger partial charge >= 0.3 is 0 Å². The monoisotopic (exact) mass is 265 g/mol. The number of nitrogens with zero attached hydrogens (tertiary/aromatic N) is 3. The second-order valence-corrected chi connectivity index (χ2v) is 4.80. The van der Waals surface area contributed by atoms with Crippen LogP contribution in [0.1, 0.15) is 31.1 Å². The molecule has 0 spiro atoms. The first-order chi connectivity index (χ1) is 8.93. The number of nitrogens with one attached hydrogen (secondary N) is 2. The number of guanidine groups is 1. The molecule has 1 aliphatic rings. The minimum absolute atomic E-state index is 0.169. The summed E-state index contributed by atoms with van der Waals surface area (Å²) in [7, 11) is 3.34. The Morgan fingerprint density at radius 3 is 2.74 bits per heavy atom. The van der Waals surface area contributed by atoms with E-state index in [1.54, 1.807) is 18.8 Å². The van der Waals surface area contributed by atoms with Crippen LogP contribution in [0.3, 0.4) is 0 Å². The molecule has 7 heteroatoms. The van der Waals surface area contributed by atoms with Crippen LogP contribution in [0, 0.1) is 6.92 Å². The number of aromatic nitrogens is 2. The highest BCUT2D eigenvalue weighted by atomic mass is 16.5. The average molecular weight is 265 g/mol. The lowest BCUT2D eigenvalue weighted by Crippen LogP contribution is -2.40. The van der Waals surface area contributed by atoms with Crippen LogP contribution in [0.15, 0.2) is 4.99 Å². The second-order valence-electron chi connectivity index (χ2n) is 4.80. The van der Waals surface area contributed by atoms with E-state index < -0.39 is 6.04 Å². The number of aryl methyl sites for hydroxylation is 2. The van der Waals surface area contributed by atoms with Gasteiger partial charge < -0.3 is 10.1 Å². The van der Waals surface area contributed by atoms with Crippen LogP contribution in [0.2, 0.25) is 0 Å². The van der Waals surface area contributed by atoms with Crippen LogP contribution in [0.25, 0.3) is 0 Å². The summed E-state index contributed by atoms with van der Waals surface area (Å²) < 4.78 is 6.92. The summed E-state index contributed by atoms with van der Waals surface area (Å²) in [6.45, 7) is 5.81. The minimum Gasteiger partial charge on any atom is -0.481 e. The van der Waals surface area contributed by atoms with Crippen molar-refractivity contribution in [2.75, 3.05) is 7.11 Å². The Labute approximate surface area is 112 Å². The molecule has 0 aliphatic carbocycles. The van der Waals surface area contributed by atoms with Crippen molar-refractivity contribution < 1.29 is 9.53 Å². The van der Waals surface area contributed by atoms with Crippen molar-refractivity contribution in [3.8, 4) is 5.88 Å². The fourth-order valence-electron chi connectivity index (χ4n) is 2.16. The molecular formula is C12H19N5O2. The summed E-state index contributed by atoms with van der Waals surface area (Å²) in [5.74, 6) is 0.889. The molecule has 19 heavy (non-hydrogen) atoms. The van der Waals surface area contributed by atoms with E-state index in [0.29, 0.717) is 17.4 Å². The molecule has 1 aliphatic heterocycles. The van der Waals surface area contributed by atoms with E-state index in [9.17, 15) is 4.79 Å². The maximum Gasteiger partial charge on any atom is 0.256 e. The third-order valence-electron chi connectivity index (χ3n) is 2.85. The number of hydrogen-bond acceptors (Lipinski definition) is 5. The van der Waals surface area contributed by atoms with Crippen LogP contribution < -0.4 is 15.4 Å². The average Bonchev–Trinajstić information content (AvgIpc) is 2.77. The summed E-state index contributed by atoms with van der Waals surface area (Å²) in [5.41, 5.74) is 1.46. The number of rotatable bonds is 3. The van der Waals surface area contributed by atoms with Gasteiger partial charge in [-0.05, 0) is 20.8 Å². The van der Waals surface area contributed by atoms with Gasteiger partial charge in [-0.1, -0.05) is 0 Å². The molecule has 1 atom stereocenters. The number of ether oxygens (including phenoxy) is 1. The highest BCUT2D eigenvalue weighted by Gasteiger charge is 2.34. The van der Waals surface area contributed by atoms with Crippen molar-refractivity contribution in [2.24, 2.45) is 12.0 Å². The molecule has 0 aromatic carbocycles. The minimum atomic E-state index is -0.607. The van der Waals surface area contributed by atoms with Crippen molar-refractivity contribution in [1.82, 2.24) is 20.4 Å². The summed E-state index contributed by atoms with van der Waals surface area (Å²) >= 11 is 0. The Morgan fingerprint density at radius 1 is 1.47 bits per heavy atom. The molecule has 2 heterocycles. The molecule has 0 saturated heterocycles. The van der Waals surface area contributed by atoms with Gasteiger partial charge in [0.15, 0.2) is 12.0 Å². The summed E-state index contributed by atoms with van der Waals surface area (Å²) in [5, 5.41) is 10.1. The Bertz CT molecular complexity index is 532. The molecule has 0 fully saturated rings. The smallest absolute Gasteiger partial charge is 0.256 e. The van der Waals surface area contributed by atoms with Crippen LogP contribution in [-0.2, 0) is 11.8 Å². The molecule has 0 saturated carbocycles. The largest absolute Gasteiger partial charge is 0.481 e. The highest BCUT2D eigenvalue weighted by Crippen LogP contribution is 2.32. The van der Waals surface area contributed by atoms with E-state index >= 15 is 0 Å². The molecule has 2 N–H and O–H groups in total. The van der Waals surface area contributed by atoms with E-state index in [4.69, 9.17) is 4.74 Å². The normalized spacial score (nSPS) is 18.5. The molecule has 0 bridgehead atoms. The van der Waals surface area contributed by atoms with Crippen LogP contribution in [0.4, 0.5) is 0 Å². The summed E-state index contributed by atoms with van der Waals surface area (Å²) in [4.78, 5) is 16.4. The number of hydrogen-bond donors (Lipinski definition) is 2. The molecule has 2 rings (SSSR count). The van der Waals surface area contributed by atoms with Gasteiger partial charge in [0.05, 0.1) is 18.4 Å². The molecule has 1 amide bonds. The Hall–Kier alpha value is -2.05. The van der Waals surface area contributed by atoms with Gasteiger partial charge in [-0.3, -0.25) is 10.1 Å². The van der Waals surface area contributed by atoms with Crippen molar-refractivity contribution in [1.29, 1.82) is 0 Å². The van der Waals surface area contributed by atoms with Crippen molar-refractivity contribution >= 4 is 11.9 Å². The first kappa shape index (κ1) is 13.4. The van der Waals surface area contributed by atoms with Gasteiger partial charge in [-0.25, -0.2) is 9.67 Å². The zero-order chi connectivity index (χ0) is 14.2. The second kappa shape index (κ2) is 4.91. The van der Waals surface area contributed by atoms with Gasteiger partial charge in [0.2, 0.25) is 5.88 Å². The zero-order valence-corrected chi connectivity index (χ0v) is 11.8. The van der Waals surface area contributed by atoms with E-state index in [0.717, 1.165) is 5.69 Å². The number of amides is 1. The first-order valence-electron chi connectivity index (χ1n) is 6.16. The topological polar surface area (TPSA) is 80.5 Å². The Balaban J connectivity index is 2.36. The Kier molecular flexibility index (Phi) is 3.46. The molecule has 7 nitrogen and oxygen atoms in total. The number of carbonyl (C=O) groups is 1. The lowest BCUT2D eigenvalue weighted by Gasteiger charge is -2.07. The molecule has 1 aromatic rings. The molecule has 1 aromatic heterocycles. The van der Waals surface area contributed by atoms with Gasteiger partial charge in [-0.2, -0.15) is 5.10 Å². The van der Waals surface area contributed by atoms with Crippen LogP contribution in [-0.4, -0.2) is 34.8 Å². The fraction of sp³-hybridized carbons (Fsp3) is 0.583. The predicted octanol–water partition coefficient (Wildman–Crippen LogP) is 0.262. The van der Waals surface area contributed by atoms with E-state index in [2.05, 4.69) is 20.7 Å². The van der Waals surface area contributed by atoms with Crippen LogP contribution >= 0.6 is 0 Å². The van der Waals surface area contributed by atoms with E-state index in [1.807, 2.05) is 20.8 Å². The summed E-state index contributed by atoms with van der Waals surface area (Å²) in [6, 6.07) is -0.403. The first-order valence-corrected chi connectivity index (χ1v) is 6.16. The number of carbonyl (C=O) groups excluding carboxylic acids is 1. The van der Waals surface area contributed by atoms with Crippen molar-refractivity contribution in [3.05, 3.63) is 11.3 Å². The quantitative estimate of drug-likeness (QED) is 0.821. The van der Waals surface area contributed by atoms with Gasteiger partial charge in [0.1, 0.15) is 0 Å². The number of aliphatic imine (C=N–C) groups is 1. The number of methoxy groups -OCH3 is 1. The molecule has 0 radical (unpaired) electrons. The lowest BCUT2D eigenvalue weighted by atomic mass is 10.1. The lowest BCUT2D eigenvalue weighted by molar-refractivity contribution is -0.120. The van der Waals surface area contributed by atoms with Crippen LogP contribution in [0.5, 0.6) is 5.88 Å². The molecular weight excluding hydrogens is 246 g/mol. The third kappa shape index (κ3) is 2.40. The maximum atomic E-state index is 12.0. The van der Waals surface area contributed by atoms with Gasteiger partial charge in [-0.15, -0.1) is 0 Å². The van der Waals surface area contributed by atoms with E-state index in [1.165, 1.54) is 0 Å².